The van der Waals surface area contributed by atoms with Gasteiger partial charge in [0.15, 0.2) is 0 Å². The van der Waals surface area contributed by atoms with E-state index in [4.69, 9.17) is 0 Å². The summed E-state index contributed by atoms with van der Waals surface area (Å²) in [5, 5.41) is 17.1. The maximum Gasteiger partial charge on any atom is 0.416 e. The van der Waals surface area contributed by atoms with E-state index in [1.807, 2.05) is 30.0 Å². The Bertz CT molecular complexity index is 1350. The Balaban J connectivity index is 1.11. The summed E-state index contributed by atoms with van der Waals surface area (Å²) in [6.45, 7) is 4.52. The van der Waals surface area contributed by atoms with Crippen molar-refractivity contribution in [1.82, 2.24) is 20.4 Å². The lowest BCUT2D eigenvalue weighted by Gasteiger charge is -2.41. The highest BCUT2D eigenvalue weighted by Crippen LogP contribution is 2.41. The van der Waals surface area contributed by atoms with Crippen molar-refractivity contribution < 1.29 is 32.7 Å². The number of hydrogen-bond acceptors (Lipinski definition) is 5. The van der Waals surface area contributed by atoms with E-state index >= 15 is 0 Å². The molecule has 2 heterocycles. The lowest BCUT2D eigenvalue weighted by molar-refractivity contribution is -0.137. The molecule has 8 nitrogen and oxygen atoms in total. The number of carbonyl (C=O) groups is 3. The van der Waals surface area contributed by atoms with Crippen molar-refractivity contribution in [3.63, 3.8) is 0 Å². The van der Waals surface area contributed by atoms with Gasteiger partial charge in [0.25, 0.3) is 11.8 Å². The van der Waals surface area contributed by atoms with Crippen LogP contribution < -0.4 is 10.6 Å². The van der Waals surface area contributed by atoms with Crippen LogP contribution in [0.2, 0.25) is 0 Å². The third-order valence-electron chi connectivity index (χ3n) is 9.13. The topological polar surface area (TPSA) is 102 Å². The maximum absolute atomic E-state index is 13.4. The predicted octanol–water partition coefficient (Wildman–Crippen LogP) is 4.00. The lowest BCUT2D eigenvalue weighted by Crippen LogP contribution is -2.45. The van der Waals surface area contributed by atoms with Crippen LogP contribution in [0.5, 0.6) is 0 Å². The minimum absolute atomic E-state index is 0.00490. The number of aryl methyl sites for hydroxylation is 1. The first-order valence-electron chi connectivity index (χ1n) is 15.1. The Morgan fingerprint density at radius 3 is 2.40 bits per heavy atom. The van der Waals surface area contributed by atoms with Gasteiger partial charge in [-0.2, -0.15) is 13.2 Å². The van der Waals surface area contributed by atoms with E-state index in [2.05, 4.69) is 15.5 Å². The molecule has 11 heteroatoms. The molecule has 0 radical (unpaired) electrons. The molecule has 3 amide bonds. The number of hydrogen-bond donors (Lipinski definition) is 3. The molecule has 3 fully saturated rings. The number of nitrogens with one attached hydrogen (secondary N) is 2. The number of halogens is 3. The second-order valence-electron chi connectivity index (χ2n) is 12.1. The zero-order valence-corrected chi connectivity index (χ0v) is 24.4. The van der Waals surface area contributed by atoms with E-state index in [-0.39, 0.29) is 30.1 Å². The Morgan fingerprint density at radius 2 is 1.70 bits per heavy atom. The molecule has 0 bridgehead atoms. The summed E-state index contributed by atoms with van der Waals surface area (Å²) < 4.78 is 38.8. The third kappa shape index (κ3) is 7.04. The SMILES string of the molecule is Cc1cccc(C2(O)CCC(N3CC[C@@H](NC(=O)CNC(=O)c4cccc(C(F)(F)F)c4)C3)CC2)c1C(=O)N1CCCC1. The van der Waals surface area contributed by atoms with Crippen molar-refractivity contribution in [2.75, 3.05) is 32.7 Å². The number of amides is 3. The molecule has 0 aromatic heterocycles. The van der Waals surface area contributed by atoms with Gasteiger partial charge < -0.3 is 20.6 Å². The fourth-order valence-electron chi connectivity index (χ4n) is 6.75. The monoisotopic (exact) mass is 600 g/mol. The normalized spacial score (nSPS) is 24.6. The van der Waals surface area contributed by atoms with Gasteiger partial charge >= 0.3 is 6.18 Å². The summed E-state index contributed by atoms with van der Waals surface area (Å²) in [7, 11) is 0. The maximum atomic E-state index is 13.4. The quantitative estimate of drug-likeness (QED) is 0.446. The van der Waals surface area contributed by atoms with Crippen LogP contribution >= 0.6 is 0 Å². The summed E-state index contributed by atoms with van der Waals surface area (Å²) in [5.74, 6) is -1.15. The van der Waals surface area contributed by atoms with Gasteiger partial charge in [-0.3, -0.25) is 19.3 Å². The van der Waals surface area contributed by atoms with Crippen LogP contribution in [0.3, 0.4) is 0 Å². The summed E-state index contributed by atoms with van der Waals surface area (Å²) >= 11 is 0. The fraction of sp³-hybridized carbons (Fsp3) is 0.531. The molecule has 43 heavy (non-hydrogen) atoms. The van der Waals surface area contributed by atoms with Crippen LogP contribution in [0.15, 0.2) is 42.5 Å². The van der Waals surface area contributed by atoms with E-state index < -0.39 is 29.2 Å². The molecule has 3 N–H and O–H groups in total. The number of alkyl halides is 3. The van der Waals surface area contributed by atoms with Crippen molar-refractivity contribution in [1.29, 1.82) is 0 Å². The van der Waals surface area contributed by atoms with Crippen LogP contribution in [0, 0.1) is 6.92 Å². The van der Waals surface area contributed by atoms with Gasteiger partial charge in [-0.25, -0.2) is 0 Å². The number of aliphatic hydroxyl groups is 1. The second kappa shape index (κ2) is 12.7. The molecule has 3 aliphatic rings. The Morgan fingerprint density at radius 1 is 1.00 bits per heavy atom. The average Bonchev–Trinajstić information content (AvgIpc) is 3.69. The predicted molar refractivity (Wildman–Crippen MR) is 154 cm³/mol. The average molecular weight is 601 g/mol. The molecule has 2 aromatic rings. The molecule has 232 valence electrons. The van der Waals surface area contributed by atoms with Crippen LogP contribution in [0.25, 0.3) is 0 Å². The molecule has 1 saturated carbocycles. The number of benzene rings is 2. The Kier molecular flexibility index (Phi) is 9.12. The van der Waals surface area contributed by atoms with E-state index in [1.54, 1.807) is 0 Å². The fourth-order valence-corrected chi connectivity index (χ4v) is 6.75. The molecule has 2 aromatic carbocycles. The largest absolute Gasteiger partial charge is 0.416 e. The Labute approximate surface area is 249 Å². The van der Waals surface area contributed by atoms with Crippen LogP contribution in [-0.4, -0.2) is 77.4 Å². The molecule has 1 aliphatic carbocycles. The molecule has 2 aliphatic heterocycles. The number of likely N-dealkylation sites (tertiary alicyclic amines) is 2. The van der Waals surface area contributed by atoms with Crippen LogP contribution in [0.1, 0.15) is 82.4 Å². The minimum atomic E-state index is -4.56. The second-order valence-corrected chi connectivity index (χ2v) is 12.1. The smallest absolute Gasteiger partial charge is 0.385 e. The van der Waals surface area contributed by atoms with E-state index in [0.717, 1.165) is 81.1 Å². The first-order valence-corrected chi connectivity index (χ1v) is 15.1. The van der Waals surface area contributed by atoms with E-state index in [1.165, 1.54) is 6.07 Å². The number of carbonyl (C=O) groups excluding carboxylic acids is 3. The highest BCUT2D eigenvalue weighted by molar-refractivity contribution is 5.98. The van der Waals surface area contributed by atoms with E-state index in [9.17, 15) is 32.7 Å². The van der Waals surface area contributed by atoms with Crippen LogP contribution in [0.4, 0.5) is 13.2 Å². The molecule has 0 unspecified atom stereocenters. The molecular weight excluding hydrogens is 561 g/mol. The van der Waals surface area contributed by atoms with Gasteiger partial charge in [-0.05, 0) is 81.2 Å². The minimum Gasteiger partial charge on any atom is -0.385 e. The molecule has 2 saturated heterocycles. The third-order valence-corrected chi connectivity index (χ3v) is 9.13. The van der Waals surface area contributed by atoms with Gasteiger partial charge in [0.2, 0.25) is 5.91 Å². The van der Waals surface area contributed by atoms with Crippen molar-refractivity contribution >= 4 is 17.7 Å². The van der Waals surface area contributed by atoms with Gasteiger partial charge in [-0.1, -0.05) is 24.3 Å². The molecule has 0 spiro atoms. The molecular formula is C32H39F3N4O4. The van der Waals surface area contributed by atoms with Crippen molar-refractivity contribution in [3.8, 4) is 0 Å². The van der Waals surface area contributed by atoms with Gasteiger partial charge in [0.1, 0.15) is 0 Å². The highest BCUT2D eigenvalue weighted by Gasteiger charge is 2.41. The molecule has 5 rings (SSSR count). The Hall–Kier alpha value is -3.44. The first kappa shape index (κ1) is 31.0. The lowest BCUT2D eigenvalue weighted by atomic mass is 9.75. The standard InChI is InChI=1S/C32H39F3N4O4/c1-21-6-4-9-26(28(21)30(42)38-15-2-3-16-38)31(43)13-10-25(11-14-31)39-17-12-24(20-39)37-27(40)19-36-29(41)22-7-5-8-23(18-22)32(33,34)35/h4-9,18,24-25,43H,2-3,10-17,19-20H2,1H3,(H,36,41)(H,37,40)/t24-,25?,31?/m1/s1. The van der Waals surface area contributed by atoms with Crippen molar-refractivity contribution in [2.24, 2.45) is 0 Å². The van der Waals surface area contributed by atoms with Crippen molar-refractivity contribution in [3.05, 3.63) is 70.3 Å². The number of nitrogens with zero attached hydrogens (tertiary/aromatic N) is 2. The van der Waals surface area contributed by atoms with Crippen LogP contribution in [-0.2, 0) is 16.6 Å². The molecule has 1 atom stereocenters. The van der Waals surface area contributed by atoms with Gasteiger partial charge in [0.05, 0.1) is 17.7 Å². The van der Waals surface area contributed by atoms with Gasteiger partial charge in [-0.15, -0.1) is 0 Å². The summed E-state index contributed by atoms with van der Waals surface area (Å²) in [6, 6.07) is 9.94. The first-order chi connectivity index (χ1) is 20.4. The van der Waals surface area contributed by atoms with E-state index in [0.29, 0.717) is 24.9 Å². The summed E-state index contributed by atoms with van der Waals surface area (Å²) in [4.78, 5) is 42.4. The zero-order chi connectivity index (χ0) is 30.8. The summed E-state index contributed by atoms with van der Waals surface area (Å²) in [5.41, 5.74) is 0.0835. The number of rotatable bonds is 7. The van der Waals surface area contributed by atoms with Crippen molar-refractivity contribution in [2.45, 2.75) is 75.7 Å². The highest BCUT2D eigenvalue weighted by atomic mass is 19.4. The summed E-state index contributed by atoms with van der Waals surface area (Å²) in [6.07, 6.45) is 0.780. The van der Waals surface area contributed by atoms with Gasteiger partial charge in [0, 0.05) is 49.4 Å². The zero-order valence-electron chi connectivity index (χ0n) is 24.4.